The van der Waals surface area contributed by atoms with Crippen LogP contribution in [-0.4, -0.2) is 18.3 Å². The van der Waals surface area contributed by atoms with E-state index < -0.39 is 17.5 Å². The lowest BCUT2D eigenvalue weighted by atomic mass is 10.3. The highest BCUT2D eigenvalue weighted by molar-refractivity contribution is 5.24. The number of hydrogen-bond donors (Lipinski definition) is 1. The molecule has 0 bridgehead atoms. The van der Waals surface area contributed by atoms with Crippen LogP contribution in [0.2, 0.25) is 0 Å². The van der Waals surface area contributed by atoms with Crippen LogP contribution in [0.15, 0.2) is 12.1 Å². The molecule has 0 aromatic heterocycles. The number of aliphatic hydroxyl groups excluding tert-OH is 1. The molecule has 1 N–H and O–H groups in total. The zero-order valence-corrected chi connectivity index (χ0v) is 6.56. The standard InChI is InChI=1S/C8H7F3O2/c9-6-3-5(13-2-1-12)4-7(10)8(6)11/h3-4,12H,1-2H2. The van der Waals surface area contributed by atoms with Gasteiger partial charge in [0.2, 0.25) is 0 Å². The van der Waals surface area contributed by atoms with E-state index in [2.05, 4.69) is 4.74 Å². The van der Waals surface area contributed by atoms with E-state index in [1.54, 1.807) is 0 Å². The molecular weight excluding hydrogens is 185 g/mol. The fourth-order valence-corrected chi connectivity index (χ4v) is 0.779. The quantitative estimate of drug-likeness (QED) is 0.735. The Morgan fingerprint density at radius 3 is 2.15 bits per heavy atom. The number of halogens is 3. The van der Waals surface area contributed by atoms with Gasteiger partial charge in [-0.05, 0) is 0 Å². The molecule has 0 aliphatic heterocycles. The van der Waals surface area contributed by atoms with Gasteiger partial charge in [-0.2, -0.15) is 0 Å². The number of hydrogen-bond acceptors (Lipinski definition) is 2. The minimum absolute atomic E-state index is 0.0927. The van der Waals surface area contributed by atoms with Crippen LogP contribution in [0.3, 0.4) is 0 Å². The van der Waals surface area contributed by atoms with Crippen molar-refractivity contribution in [1.82, 2.24) is 0 Å². The van der Waals surface area contributed by atoms with Gasteiger partial charge in [-0.1, -0.05) is 0 Å². The van der Waals surface area contributed by atoms with Gasteiger partial charge in [0, 0.05) is 12.1 Å². The molecule has 1 aromatic rings. The summed E-state index contributed by atoms with van der Waals surface area (Å²) in [7, 11) is 0. The van der Waals surface area contributed by atoms with Crippen molar-refractivity contribution in [2.45, 2.75) is 0 Å². The van der Waals surface area contributed by atoms with Crippen LogP contribution in [0.25, 0.3) is 0 Å². The van der Waals surface area contributed by atoms with Crippen LogP contribution in [0.4, 0.5) is 13.2 Å². The molecule has 0 heterocycles. The van der Waals surface area contributed by atoms with Gasteiger partial charge in [-0.15, -0.1) is 0 Å². The number of benzene rings is 1. The summed E-state index contributed by atoms with van der Waals surface area (Å²) in [6.45, 7) is -0.370. The smallest absolute Gasteiger partial charge is 0.194 e. The summed E-state index contributed by atoms with van der Waals surface area (Å²) in [4.78, 5) is 0. The maximum absolute atomic E-state index is 12.5. The number of rotatable bonds is 3. The molecule has 5 heteroatoms. The van der Waals surface area contributed by atoms with E-state index in [0.29, 0.717) is 12.1 Å². The van der Waals surface area contributed by atoms with Crippen LogP contribution in [0.1, 0.15) is 0 Å². The zero-order valence-electron chi connectivity index (χ0n) is 6.56. The molecule has 0 aliphatic rings. The topological polar surface area (TPSA) is 29.5 Å². The van der Waals surface area contributed by atoms with Crippen molar-refractivity contribution in [1.29, 1.82) is 0 Å². The van der Waals surface area contributed by atoms with Gasteiger partial charge in [-0.3, -0.25) is 0 Å². The van der Waals surface area contributed by atoms with Crippen molar-refractivity contribution in [3.8, 4) is 5.75 Å². The first kappa shape index (κ1) is 9.85. The predicted molar refractivity (Wildman–Crippen MR) is 38.9 cm³/mol. The third kappa shape index (κ3) is 2.35. The molecule has 1 aromatic carbocycles. The molecule has 0 unspecified atom stereocenters. The zero-order chi connectivity index (χ0) is 9.84. The molecule has 0 saturated carbocycles. The summed E-state index contributed by atoms with van der Waals surface area (Å²) < 4.78 is 42.1. The molecule has 0 radical (unpaired) electrons. The summed E-state index contributed by atoms with van der Waals surface area (Å²) in [6.07, 6.45) is 0. The van der Waals surface area contributed by atoms with Crippen molar-refractivity contribution in [2.24, 2.45) is 0 Å². The van der Waals surface area contributed by atoms with Crippen molar-refractivity contribution in [3.63, 3.8) is 0 Å². The molecule has 0 fully saturated rings. The van der Waals surface area contributed by atoms with E-state index in [1.807, 2.05) is 0 Å². The van der Waals surface area contributed by atoms with E-state index in [9.17, 15) is 13.2 Å². The van der Waals surface area contributed by atoms with Gasteiger partial charge < -0.3 is 9.84 Å². The van der Waals surface area contributed by atoms with Gasteiger partial charge in [0.25, 0.3) is 0 Å². The summed E-state index contributed by atoms with van der Waals surface area (Å²) in [6, 6.07) is 1.43. The Morgan fingerprint density at radius 2 is 1.69 bits per heavy atom. The Hall–Kier alpha value is -1.23. The molecule has 72 valence electrons. The third-order valence-electron chi connectivity index (χ3n) is 1.32. The highest BCUT2D eigenvalue weighted by Gasteiger charge is 2.10. The van der Waals surface area contributed by atoms with Crippen LogP contribution in [-0.2, 0) is 0 Å². The molecule has 13 heavy (non-hydrogen) atoms. The average molecular weight is 192 g/mol. The van der Waals surface area contributed by atoms with Crippen molar-refractivity contribution < 1.29 is 23.0 Å². The Labute approximate surface area is 72.6 Å². The summed E-state index contributed by atoms with van der Waals surface area (Å²) >= 11 is 0. The Balaban J connectivity index is 2.86. The highest BCUT2D eigenvalue weighted by Crippen LogP contribution is 2.18. The van der Waals surface area contributed by atoms with E-state index in [-0.39, 0.29) is 19.0 Å². The average Bonchev–Trinajstić information content (AvgIpc) is 2.10. The molecule has 0 atom stereocenters. The highest BCUT2D eigenvalue weighted by atomic mass is 19.2. The number of ether oxygens (including phenoxy) is 1. The third-order valence-corrected chi connectivity index (χ3v) is 1.32. The largest absolute Gasteiger partial charge is 0.491 e. The minimum atomic E-state index is -1.53. The fraction of sp³-hybridized carbons (Fsp3) is 0.250. The van der Waals surface area contributed by atoms with Crippen molar-refractivity contribution in [3.05, 3.63) is 29.6 Å². The first-order chi connectivity index (χ1) is 6.15. The monoisotopic (exact) mass is 192 g/mol. The molecular formula is C8H7F3O2. The summed E-state index contributed by atoms with van der Waals surface area (Å²) in [5.41, 5.74) is 0. The van der Waals surface area contributed by atoms with Crippen LogP contribution >= 0.6 is 0 Å². The van der Waals surface area contributed by atoms with Crippen LogP contribution in [0.5, 0.6) is 5.75 Å². The van der Waals surface area contributed by atoms with Gasteiger partial charge in [0.1, 0.15) is 12.4 Å². The molecule has 0 aliphatic carbocycles. The van der Waals surface area contributed by atoms with E-state index >= 15 is 0 Å². The van der Waals surface area contributed by atoms with Gasteiger partial charge in [-0.25, -0.2) is 13.2 Å². The molecule has 0 saturated heterocycles. The first-order valence-electron chi connectivity index (χ1n) is 3.53. The van der Waals surface area contributed by atoms with E-state index in [4.69, 9.17) is 5.11 Å². The molecule has 0 amide bonds. The normalized spacial score (nSPS) is 10.2. The van der Waals surface area contributed by atoms with E-state index in [1.165, 1.54) is 0 Å². The van der Waals surface area contributed by atoms with Crippen LogP contribution in [0, 0.1) is 17.5 Å². The van der Waals surface area contributed by atoms with E-state index in [0.717, 1.165) is 0 Å². The second-order valence-electron chi connectivity index (χ2n) is 2.27. The second-order valence-corrected chi connectivity index (χ2v) is 2.27. The van der Waals surface area contributed by atoms with Gasteiger partial charge in [0.05, 0.1) is 6.61 Å². The maximum Gasteiger partial charge on any atom is 0.194 e. The lowest BCUT2D eigenvalue weighted by Crippen LogP contribution is -2.03. The maximum atomic E-state index is 12.5. The Bertz CT molecular complexity index is 278. The van der Waals surface area contributed by atoms with Gasteiger partial charge in [0.15, 0.2) is 17.5 Å². The van der Waals surface area contributed by atoms with Crippen molar-refractivity contribution in [2.75, 3.05) is 13.2 Å². The summed E-state index contributed by atoms with van der Waals surface area (Å²) in [5, 5.41) is 8.33. The molecule has 0 spiro atoms. The van der Waals surface area contributed by atoms with Gasteiger partial charge >= 0.3 is 0 Å². The second kappa shape index (κ2) is 4.13. The fourth-order valence-electron chi connectivity index (χ4n) is 0.779. The SMILES string of the molecule is OCCOc1cc(F)c(F)c(F)c1. The molecule has 2 nitrogen and oxygen atoms in total. The molecule has 1 rings (SSSR count). The first-order valence-corrected chi connectivity index (χ1v) is 3.53. The van der Waals surface area contributed by atoms with Crippen molar-refractivity contribution >= 4 is 0 Å². The predicted octanol–water partition coefficient (Wildman–Crippen LogP) is 1.47. The lowest BCUT2D eigenvalue weighted by Gasteiger charge is -2.04. The lowest BCUT2D eigenvalue weighted by molar-refractivity contribution is 0.200. The number of aliphatic hydroxyl groups is 1. The van der Waals surface area contributed by atoms with Crippen LogP contribution < -0.4 is 4.74 Å². The Kier molecular flexibility index (Phi) is 3.13. The Morgan fingerprint density at radius 1 is 1.15 bits per heavy atom. The summed E-state index contributed by atoms with van der Waals surface area (Å²) in [5.74, 6) is -4.30. The minimum Gasteiger partial charge on any atom is -0.491 e.